The fourth-order valence-electron chi connectivity index (χ4n) is 2.30. The van der Waals surface area contributed by atoms with Crippen LogP contribution < -0.4 is 11.1 Å². The molecule has 1 aliphatic rings. The van der Waals surface area contributed by atoms with Gasteiger partial charge in [-0.2, -0.15) is 4.99 Å². The lowest BCUT2D eigenvalue weighted by atomic mass is 9.89. The number of hydrogen-bond donors (Lipinski definition) is 2. The zero-order valence-electron chi connectivity index (χ0n) is 12.0. The minimum atomic E-state index is -1.12. The van der Waals surface area contributed by atoms with Crippen molar-refractivity contribution in [1.29, 1.82) is 0 Å². The number of amidine groups is 1. The molecule has 0 spiro atoms. The van der Waals surface area contributed by atoms with Crippen molar-refractivity contribution in [3.8, 4) is 0 Å². The largest absolute Gasteiger partial charge is 0.319 e. The van der Waals surface area contributed by atoms with Gasteiger partial charge in [-0.1, -0.05) is 26.0 Å². The van der Waals surface area contributed by atoms with Crippen LogP contribution in [0.3, 0.4) is 0 Å². The van der Waals surface area contributed by atoms with Gasteiger partial charge in [0.05, 0.1) is 5.54 Å². The topological polar surface area (TPSA) is 84.5 Å². The summed E-state index contributed by atoms with van der Waals surface area (Å²) in [6, 6.07) is 5.40. The number of nitrogens with one attached hydrogen (secondary N) is 1. The highest BCUT2D eigenvalue weighted by Crippen LogP contribution is 2.24. The van der Waals surface area contributed by atoms with Crippen LogP contribution in [0.4, 0.5) is 4.39 Å². The van der Waals surface area contributed by atoms with Crippen LogP contribution in [0.2, 0.25) is 0 Å². The molecule has 1 aliphatic heterocycles. The number of halogens is 1. The molecule has 0 saturated carbocycles. The second-order valence-corrected chi connectivity index (χ2v) is 5.14. The molecular formula is C15H18FN3O2. The summed E-state index contributed by atoms with van der Waals surface area (Å²) >= 11 is 0. The van der Waals surface area contributed by atoms with E-state index in [9.17, 15) is 14.0 Å². The first-order chi connectivity index (χ1) is 9.91. The predicted molar refractivity (Wildman–Crippen MR) is 77.2 cm³/mol. The number of nitrogens with two attached hydrogens (primary N) is 1. The van der Waals surface area contributed by atoms with Gasteiger partial charge in [0.2, 0.25) is 5.91 Å². The van der Waals surface area contributed by atoms with E-state index < -0.39 is 29.1 Å². The molecule has 0 fully saturated rings. The van der Waals surface area contributed by atoms with Gasteiger partial charge in [-0.15, -0.1) is 0 Å². The molecule has 0 saturated heterocycles. The van der Waals surface area contributed by atoms with Gasteiger partial charge >= 0.3 is 0 Å². The van der Waals surface area contributed by atoms with Crippen molar-refractivity contribution in [2.45, 2.75) is 38.1 Å². The number of nitrogens with zero attached hydrogens (tertiary/aromatic N) is 1. The number of carbonyl (C=O) groups is 2. The summed E-state index contributed by atoms with van der Waals surface area (Å²) in [4.78, 5) is 28.3. The quantitative estimate of drug-likeness (QED) is 0.824. The van der Waals surface area contributed by atoms with Crippen LogP contribution >= 0.6 is 0 Å². The van der Waals surface area contributed by atoms with Gasteiger partial charge < -0.3 is 11.1 Å². The molecule has 21 heavy (non-hydrogen) atoms. The Kier molecular flexibility index (Phi) is 4.18. The number of rotatable bonds is 4. The van der Waals surface area contributed by atoms with Crippen molar-refractivity contribution < 1.29 is 14.0 Å². The minimum absolute atomic E-state index is 0.190. The molecule has 2 amide bonds. The maximum Gasteiger partial charge on any atom is 0.264 e. The van der Waals surface area contributed by atoms with Crippen LogP contribution in [-0.4, -0.2) is 23.2 Å². The summed E-state index contributed by atoms with van der Waals surface area (Å²) in [5.74, 6) is -2.57. The van der Waals surface area contributed by atoms with E-state index in [1.807, 2.05) is 13.8 Å². The SMILES string of the molecule is CCC(N)(CC)C1=NC(=O)C(c2cccc(F)c2)C(=O)N1. The zero-order valence-corrected chi connectivity index (χ0v) is 12.0. The zero-order chi connectivity index (χ0) is 15.6. The molecule has 3 N–H and O–H groups in total. The normalized spacial score (nSPS) is 19.2. The van der Waals surface area contributed by atoms with Crippen LogP contribution in [0, 0.1) is 5.82 Å². The Labute approximate surface area is 122 Å². The van der Waals surface area contributed by atoms with Crippen molar-refractivity contribution >= 4 is 17.6 Å². The fourth-order valence-corrected chi connectivity index (χ4v) is 2.30. The highest BCUT2D eigenvalue weighted by Gasteiger charge is 2.39. The third-order valence-electron chi connectivity index (χ3n) is 3.89. The molecule has 1 aromatic carbocycles. The highest BCUT2D eigenvalue weighted by molar-refractivity contribution is 6.21. The lowest BCUT2D eigenvalue weighted by Crippen LogP contribution is -2.58. The first-order valence-electron chi connectivity index (χ1n) is 6.89. The van der Waals surface area contributed by atoms with Crippen molar-refractivity contribution in [1.82, 2.24) is 5.32 Å². The maximum absolute atomic E-state index is 13.3. The molecule has 0 aliphatic carbocycles. The molecule has 1 unspecified atom stereocenters. The van der Waals surface area contributed by atoms with Gasteiger partial charge in [0.1, 0.15) is 17.6 Å². The standard InChI is InChI=1S/C15H18FN3O2/c1-3-15(17,4-2)14-18-12(20)11(13(21)19-14)9-6-5-7-10(16)8-9/h5-8,11H,3-4,17H2,1-2H3,(H,18,19,20,21). The highest BCUT2D eigenvalue weighted by atomic mass is 19.1. The summed E-state index contributed by atoms with van der Waals surface area (Å²) in [6.07, 6.45) is 1.08. The Bertz CT molecular complexity index is 609. The first kappa shape index (κ1) is 15.3. The second-order valence-electron chi connectivity index (χ2n) is 5.14. The van der Waals surface area contributed by atoms with Gasteiger partial charge in [0.15, 0.2) is 0 Å². The van der Waals surface area contributed by atoms with Crippen LogP contribution in [0.1, 0.15) is 38.2 Å². The Balaban J connectivity index is 2.37. The summed E-state index contributed by atoms with van der Waals surface area (Å²) in [5, 5.41) is 2.60. The third-order valence-corrected chi connectivity index (χ3v) is 3.89. The molecule has 1 atom stereocenters. The molecule has 0 aromatic heterocycles. The number of benzene rings is 1. The van der Waals surface area contributed by atoms with Crippen molar-refractivity contribution in [3.05, 3.63) is 35.6 Å². The van der Waals surface area contributed by atoms with Gasteiger partial charge in [-0.25, -0.2) is 4.39 Å². The molecule has 1 aromatic rings. The average molecular weight is 291 g/mol. The van der Waals surface area contributed by atoms with E-state index in [2.05, 4.69) is 10.3 Å². The van der Waals surface area contributed by atoms with E-state index in [4.69, 9.17) is 5.73 Å². The minimum Gasteiger partial charge on any atom is -0.319 e. The second kappa shape index (κ2) is 5.73. The van der Waals surface area contributed by atoms with Crippen LogP contribution in [0.25, 0.3) is 0 Å². The molecule has 1 heterocycles. The van der Waals surface area contributed by atoms with Crippen LogP contribution in [-0.2, 0) is 9.59 Å². The number of amides is 2. The van der Waals surface area contributed by atoms with E-state index in [1.165, 1.54) is 18.2 Å². The van der Waals surface area contributed by atoms with Gasteiger partial charge in [0.25, 0.3) is 5.91 Å². The van der Waals surface area contributed by atoms with Crippen LogP contribution in [0.15, 0.2) is 29.3 Å². The monoisotopic (exact) mass is 291 g/mol. The van der Waals surface area contributed by atoms with Crippen molar-refractivity contribution in [2.75, 3.05) is 0 Å². The number of hydrogen-bond acceptors (Lipinski definition) is 3. The Morgan fingerprint density at radius 2 is 2.00 bits per heavy atom. The number of aliphatic imine (C=N–C) groups is 1. The third kappa shape index (κ3) is 2.85. The molecule has 0 bridgehead atoms. The Morgan fingerprint density at radius 3 is 2.52 bits per heavy atom. The predicted octanol–water partition coefficient (Wildman–Crippen LogP) is 1.48. The van der Waals surface area contributed by atoms with Crippen LogP contribution in [0.5, 0.6) is 0 Å². The average Bonchev–Trinajstić information content (AvgIpc) is 2.45. The number of carbonyl (C=O) groups excluding carboxylic acids is 2. The lowest BCUT2D eigenvalue weighted by molar-refractivity contribution is -0.130. The van der Waals surface area contributed by atoms with E-state index in [0.717, 1.165) is 6.07 Å². The fraction of sp³-hybridized carbons (Fsp3) is 0.400. The Hall–Kier alpha value is -2.08. The summed E-state index contributed by atoms with van der Waals surface area (Å²) in [5.41, 5.74) is 5.60. The van der Waals surface area contributed by atoms with E-state index in [0.29, 0.717) is 12.8 Å². The lowest BCUT2D eigenvalue weighted by Gasteiger charge is -2.32. The van der Waals surface area contributed by atoms with Gasteiger partial charge in [-0.05, 0) is 30.5 Å². The van der Waals surface area contributed by atoms with E-state index in [1.54, 1.807) is 0 Å². The van der Waals surface area contributed by atoms with Gasteiger partial charge in [-0.3, -0.25) is 9.59 Å². The molecule has 2 rings (SSSR count). The molecular weight excluding hydrogens is 273 g/mol. The molecule has 5 nitrogen and oxygen atoms in total. The van der Waals surface area contributed by atoms with E-state index in [-0.39, 0.29) is 11.4 Å². The summed E-state index contributed by atoms with van der Waals surface area (Å²) in [6.45, 7) is 3.72. The molecule has 6 heteroatoms. The smallest absolute Gasteiger partial charge is 0.264 e. The molecule has 112 valence electrons. The Morgan fingerprint density at radius 1 is 1.33 bits per heavy atom. The van der Waals surface area contributed by atoms with Gasteiger partial charge in [0, 0.05) is 0 Å². The summed E-state index contributed by atoms with van der Waals surface area (Å²) < 4.78 is 13.3. The van der Waals surface area contributed by atoms with E-state index >= 15 is 0 Å². The first-order valence-corrected chi connectivity index (χ1v) is 6.89. The van der Waals surface area contributed by atoms with Crippen molar-refractivity contribution in [2.24, 2.45) is 10.7 Å². The maximum atomic E-state index is 13.3. The summed E-state index contributed by atoms with van der Waals surface area (Å²) in [7, 11) is 0. The van der Waals surface area contributed by atoms with Crippen molar-refractivity contribution in [3.63, 3.8) is 0 Å². The molecule has 0 radical (unpaired) electrons.